The zero-order valence-corrected chi connectivity index (χ0v) is 15.0. The van der Waals surface area contributed by atoms with Gasteiger partial charge in [-0.2, -0.15) is 0 Å². The number of unbranched alkanes of at least 4 members (excludes halogenated alkanes) is 1. The minimum Gasteiger partial charge on any atom is -0.481 e. The van der Waals surface area contributed by atoms with Crippen LogP contribution < -0.4 is 4.72 Å². The normalized spacial score (nSPS) is 21.3. The largest absolute Gasteiger partial charge is 0.481 e. The van der Waals surface area contributed by atoms with Crippen LogP contribution in [0.25, 0.3) is 6.08 Å². The zero-order valence-electron chi connectivity index (χ0n) is 14.2. The molecule has 2 N–H and O–H groups in total. The Bertz CT molecular complexity index is 710. The van der Waals surface area contributed by atoms with Crippen molar-refractivity contribution in [3.63, 3.8) is 0 Å². The number of rotatable bonds is 9. The van der Waals surface area contributed by atoms with Crippen LogP contribution in [0.3, 0.4) is 0 Å². The molecule has 0 aliphatic heterocycles. The summed E-state index contributed by atoms with van der Waals surface area (Å²) in [6.07, 6.45) is 9.83. The molecule has 25 heavy (non-hydrogen) atoms. The molecule has 0 bridgehead atoms. The van der Waals surface area contributed by atoms with Gasteiger partial charge in [0.2, 0.25) is 10.0 Å². The topological polar surface area (TPSA) is 83.5 Å². The zero-order chi connectivity index (χ0) is 18.1. The standard InChI is InChI=1S/C19H25NO4S/c21-19(22)10-6-2-5-9-17-11-12-18(15-17)20-25(23,24)14-13-16-7-3-1-4-8-16/h1,3-5,7-9,13-14,17-18,20H,2,6,10-12,15H2,(H,21,22)/b9-5-,14-13?. The molecule has 0 spiro atoms. The maximum atomic E-state index is 12.2. The Balaban J connectivity index is 1.77. The monoisotopic (exact) mass is 363 g/mol. The Morgan fingerprint density at radius 1 is 1.24 bits per heavy atom. The van der Waals surface area contributed by atoms with Gasteiger partial charge in [-0.15, -0.1) is 0 Å². The molecule has 6 heteroatoms. The van der Waals surface area contributed by atoms with Gasteiger partial charge in [0, 0.05) is 17.9 Å². The highest BCUT2D eigenvalue weighted by Crippen LogP contribution is 2.27. The van der Waals surface area contributed by atoms with Crippen molar-refractivity contribution in [2.75, 3.05) is 0 Å². The highest BCUT2D eigenvalue weighted by atomic mass is 32.2. The van der Waals surface area contributed by atoms with Crippen molar-refractivity contribution >= 4 is 22.1 Å². The van der Waals surface area contributed by atoms with E-state index in [2.05, 4.69) is 10.8 Å². The number of hydrogen-bond acceptors (Lipinski definition) is 3. The summed E-state index contributed by atoms with van der Waals surface area (Å²) in [5, 5.41) is 9.81. The molecule has 2 unspecified atom stereocenters. The van der Waals surface area contributed by atoms with E-state index < -0.39 is 16.0 Å². The number of hydrogen-bond donors (Lipinski definition) is 2. The molecule has 2 rings (SSSR count). The molecule has 1 aromatic rings. The van der Waals surface area contributed by atoms with Crippen LogP contribution in [0, 0.1) is 5.92 Å². The Labute approximate surface area is 149 Å². The molecule has 1 fully saturated rings. The van der Waals surface area contributed by atoms with Gasteiger partial charge in [-0.1, -0.05) is 42.5 Å². The van der Waals surface area contributed by atoms with Crippen molar-refractivity contribution < 1.29 is 18.3 Å². The lowest BCUT2D eigenvalue weighted by Gasteiger charge is -2.10. The molecular weight excluding hydrogens is 338 g/mol. The molecule has 1 aliphatic carbocycles. The number of carboxylic acids is 1. The average Bonchev–Trinajstić information content (AvgIpc) is 3.00. The summed E-state index contributed by atoms with van der Waals surface area (Å²) < 4.78 is 27.1. The van der Waals surface area contributed by atoms with Crippen LogP contribution in [-0.2, 0) is 14.8 Å². The molecular formula is C19H25NO4S. The summed E-state index contributed by atoms with van der Waals surface area (Å²) in [7, 11) is -3.45. The maximum absolute atomic E-state index is 12.2. The van der Waals surface area contributed by atoms with Gasteiger partial charge in [0.05, 0.1) is 0 Å². The molecule has 0 saturated heterocycles. The van der Waals surface area contributed by atoms with E-state index in [9.17, 15) is 13.2 Å². The SMILES string of the molecule is O=C(O)CCC/C=C\C1CCC(NS(=O)(=O)C=Cc2ccccc2)C1. The van der Waals surface area contributed by atoms with E-state index in [1.54, 1.807) is 6.08 Å². The molecule has 1 aliphatic rings. The third-order valence-electron chi connectivity index (χ3n) is 4.21. The van der Waals surface area contributed by atoms with Crippen LogP contribution in [0.15, 0.2) is 47.9 Å². The predicted molar refractivity (Wildman–Crippen MR) is 99.3 cm³/mol. The van der Waals surface area contributed by atoms with Crippen molar-refractivity contribution in [3.05, 3.63) is 53.5 Å². The second-order valence-electron chi connectivity index (χ2n) is 6.36. The van der Waals surface area contributed by atoms with Gasteiger partial charge in [0.25, 0.3) is 0 Å². The van der Waals surface area contributed by atoms with Gasteiger partial charge in [-0.3, -0.25) is 4.79 Å². The number of nitrogens with one attached hydrogen (secondary N) is 1. The summed E-state index contributed by atoms with van der Waals surface area (Å²) >= 11 is 0. The van der Waals surface area contributed by atoms with Crippen LogP contribution >= 0.6 is 0 Å². The van der Waals surface area contributed by atoms with Crippen molar-refractivity contribution in [2.45, 2.75) is 44.6 Å². The van der Waals surface area contributed by atoms with Crippen molar-refractivity contribution in [3.8, 4) is 0 Å². The lowest BCUT2D eigenvalue weighted by Crippen LogP contribution is -2.31. The number of allylic oxidation sites excluding steroid dienone is 2. The second kappa shape index (κ2) is 9.53. The van der Waals surface area contributed by atoms with Crippen LogP contribution in [0.2, 0.25) is 0 Å². The van der Waals surface area contributed by atoms with Gasteiger partial charge in [0.15, 0.2) is 0 Å². The van der Waals surface area contributed by atoms with Gasteiger partial charge >= 0.3 is 5.97 Å². The van der Waals surface area contributed by atoms with Crippen molar-refractivity contribution in [1.82, 2.24) is 4.72 Å². The Kier molecular flexibility index (Phi) is 7.40. The Hall–Kier alpha value is -1.92. The van der Waals surface area contributed by atoms with E-state index >= 15 is 0 Å². The molecule has 1 aromatic carbocycles. The number of sulfonamides is 1. The van der Waals surface area contributed by atoms with E-state index in [1.165, 1.54) is 5.41 Å². The van der Waals surface area contributed by atoms with Crippen LogP contribution in [-0.4, -0.2) is 25.5 Å². The summed E-state index contributed by atoms with van der Waals surface area (Å²) in [5.41, 5.74) is 0.849. The molecule has 0 heterocycles. The predicted octanol–water partition coefficient (Wildman–Crippen LogP) is 3.56. The van der Waals surface area contributed by atoms with E-state index in [0.717, 1.165) is 31.2 Å². The number of aliphatic carboxylic acids is 1. The first-order valence-electron chi connectivity index (χ1n) is 8.58. The summed E-state index contributed by atoms with van der Waals surface area (Å²) in [6.45, 7) is 0. The van der Waals surface area contributed by atoms with Gasteiger partial charge in [0.1, 0.15) is 0 Å². The molecule has 136 valence electrons. The van der Waals surface area contributed by atoms with Gasteiger partial charge in [-0.05, 0) is 49.7 Å². The molecule has 0 amide bonds. The molecule has 0 aromatic heterocycles. The summed E-state index contributed by atoms with van der Waals surface area (Å²) in [5.74, 6) is -0.414. The lowest BCUT2D eigenvalue weighted by molar-refractivity contribution is -0.137. The van der Waals surface area contributed by atoms with Crippen molar-refractivity contribution in [1.29, 1.82) is 0 Å². The highest BCUT2D eigenvalue weighted by molar-refractivity contribution is 7.92. The third kappa shape index (κ3) is 7.67. The summed E-state index contributed by atoms with van der Waals surface area (Å²) in [4.78, 5) is 10.4. The molecule has 1 saturated carbocycles. The highest BCUT2D eigenvalue weighted by Gasteiger charge is 2.25. The number of benzene rings is 1. The molecule has 5 nitrogen and oxygen atoms in total. The fourth-order valence-electron chi connectivity index (χ4n) is 2.96. The van der Waals surface area contributed by atoms with Crippen LogP contribution in [0.5, 0.6) is 0 Å². The minimum absolute atomic E-state index is 0.0425. The minimum atomic E-state index is -3.45. The Morgan fingerprint density at radius 2 is 2.00 bits per heavy atom. The molecule has 0 radical (unpaired) electrons. The van der Waals surface area contributed by atoms with E-state index in [0.29, 0.717) is 12.3 Å². The van der Waals surface area contributed by atoms with Gasteiger partial charge in [-0.25, -0.2) is 13.1 Å². The first-order chi connectivity index (χ1) is 11.9. The van der Waals surface area contributed by atoms with E-state index in [1.807, 2.05) is 36.4 Å². The smallest absolute Gasteiger partial charge is 0.303 e. The van der Waals surface area contributed by atoms with Crippen LogP contribution in [0.4, 0.5) is 0 Å². The second-order valence-corrected chi connectivity index (χ2v) is 7.96. The summed E-state index contributed by atoms with van der Waals surface area (Å²) in [6, 6.07) is 9.28. The first kappa shape index (κ1) is 19.4. The fourth-order valence-corrected chi connectivity index (χ4v) is 4.06. The lowest BCUT2D eigenvalue weighted by atomic mass is 10.1. The third-order valence-corrected chi connectivity index (χ3v) is 5.37. The van der Waals surface area contributed by atoms with Crippen LogP contribution in [0.1, 0.15) is 44.1 Å². The first-order valence-corrected chi connectivity index (χ1v) is 10.1. The van der Waals surface area contributed by atoms with Gasteiger partial charge < -0.3 is 5.11 Å². The fraction of sp³-hybridized carbons (Fsp3) is 0.421. The molecule has 2 atom stereocenters. The van der Waals surface area contributed by atoms with E-state index in [4.69, 9.17) is 5.11 Å². The number of carboxylic acid groups (broad SMARTS) is 1. The quantitative estimate of drug-likeness (QED) is 0.519. The van der Waals surface area contributed by atoms with E-state index in [-0.39, 0.29) is 12.5 Å². The Morgan fingerprint density at radius 3 is 2.72 bits per heavy atom. The average molecular weight is 363 g/mol. The van der Waals surface area contributed by atoms with Crippen molar-refractivity contribution in [2.24, 2.45) is 5.92 Å². The maximum Gasteiger partial charge on any atom is 0.303 e. The number of carbonyl (C=O) groups is 1.